The number of hydrogen-bond acceptors (Lipinski definition) is 3. The van der Waals surface area contributed by atoms with Crippen LogP contribution >= 0.6 is 0 Å². The van der Waals surface area contributed by atoms with E-state index in [0.717, 1.165) is 0 Å². The second-order valence-corrected chi connectivity index (χ2v) is 5.58. The number of nitrogens with zero attached hydrogens (tertiary/aromatic N) is 1. The standard InChI is InChI=1S/C16H21NO4/c1-5-10-21-13-8-6-12(7-9-13)15(20)17(11-14(18)19)16(2,3)4/h5-9H,1,10-11H2,2-4H3,(H,18,19). The molecule has 0 aromatic heterocycles. The molecule has 1 amide bonds. The third-order valence-electron chi connectivity index (χ3n) is 2.82. The molecule has 0 radical (unpaired) electrons. The predicted octanol–water partition coefficient (Wildman–Crippen LogP) is 2.58. The van der Waals surface area contributed by atoms with Gasteiger partial charge in [0.25, 0.3) is 5.91 Å². The van der Waals surface area contributed by atoms with Crippen molar-refractivity contribution in [3.63, 3.8) is 0 Å². The van der Waals surface area contributed by atoms with Gasteiger partial charge in [-0.25, -0.2) is 0 Å². The molecule has 1 N–H and O–H groups in total. The van der Waals surface area contributed by atoms with Gasteiger partial charge >= 0.3 is 5.97 Å². The highest BCUT2D eigenvalue weighted by atomic mass is 16.5. The molecule has 0 aliphatic rings. The number of carboxylic acids is 1. The summed E-state index contributed by atoms with van der Waals surface area (Å²) in [5, 5.41) is 8.96. The van der Waals surface area contributed by atoms with E-state index in [0.29, 0.717) is 17.9 Å². The second-order valence-electron chi connectivity index (χ2n) is 5.58. The van der Waals surface area contributed by atoms with Crippen LogP contribution in [0.2, 0.25) is 0 Å². The molecule has 1 rings (SSSR count). The van der Waals surface area contributed by atoms with Gasteiger partial charge in [-0.15, -0.1) is 0 Å². The number of hydrogen-bond donors (Lipinski definition) is 1. The van der Waals surface area contributed by atoms with Crippen molar-refractivity contribution < 1.29 is 19.4 Å². The topological polar surface area (TPSA) is 66.8 Å². The highest BCUT2D eigenvalue weighted by Crippen LogP contribution is 2.19. The fourth-order valence-electron chi connectivity index (χ4n) is 1.75. The van der Waals surface area contributed by atoms with E-state index in [-0.39, 0.29) is 12.5 Å². The third-order valence-corrected chi connectivity index (χ3v) is 2.82. The number of ether oxygens (including phenoxy) is 1. The Morgan fingerprint density at radius 1 is 1.29 bits per heavy atom. The third kappa shape index (κ3) is 4.95. The van der Waals surface area contributed by atoms with Gasteiger partial charge in [0.1, 0.15) is 18.9 Å². The maximum atomic E-state index is 12.5. The lowest BCUT2D eigenvalue weighted by molar-refractivity contribution is -0.138. The Bertz CT molecular complexity index is 514. The molecule has 0 atom stereocenters. The minimum Gasteiger partial charge on any atom is -0.490 e. The number of carbonyl (C=O) groups is 2. The van der Waals surface area contributed by atoms with Gasteiger partial charge in [-0.3, -0.25) is 9.59 Å². The van der Waals surface area contributed by atoms with E-state index in [1.54, 1.807) is 51.1 Å². The van der Waals surface area contributed by atoms with Crippen molar-refractivity contribution in [1.82, 2.24) is 4.90 Å². The Labute approximate surface area is 124 Å². The van der Waals surface area contributed by atoms with Gasteiger partial charge in [0.15, 0.2) is 0 Å². The minimum absolute atomic E-state index is 0.319. The summed E-state index contributed by atoms with van der Waals surface area (Å²) in [6, 6.07) is 6.61. The molecule has 0 fully saturated rings. The summed E-state index contributed by atoms with van der Waals surface area (Å²) in [6.45, 7) is 9.01. The minimum atomic E-state index is -1.04. The molecular formula is C16H21NO4. The summed E-state index contributed by atoms with van der Waals surface area (Å²) in [4.78, 5) is 24.7. The first-order valence-corrected chi connectivity index (χ1v) is 6.63. The van der Waals surface area contributed by atoms with Crippen LogP contribution in [0.4, 0.5) is 0 Å². The van der Waals surface area contributed by atoms with Crippen LogP contribution in [0.15, 0.2) is 36.9 Å². The Morgan fingerprint density at radius 3 is 2.29 bits per heavy atom. The lowest BCUT2D eigenvalue weighted by atomic mass is 10.0. The van der Waals surface area contributed by atoms with Gasteiger partial charge in [-0.2, -0.15) is 0 Å². The number of rotatable bonds is 6. The Morgan fingerprint density at radius 2 is 1.86 bits per heavy atom. The van der Waals surface area contributed by atoms with E-state index in [1.165, 1.54) is 4.90 Å². The van der Waals surface area contributed by atoms with Gasteiger partial charge in [0.2, 0.25) is 0 Å². The van der Waals surface area contributed by atoms with E-state index < -0.39 is 11.5 Å². The zero-order chi connectivity index (χ0) is 16.0. The van der Waals surface area contributed by atoms with Gasteiger partial charge in [-0.1, -0.05) is 12.7 Å². The first kappa shape index (κ1) is 16.8. The van der Waals surface area contributed by atoms with Gasteiger partial charge in [0, 0.05) is 11.1 Å². The normalized spacial score (nSPS) is 10.8. The van der Waals surface area contributed by atoms with Crippen LogP contribution in [0, 0.1) is 0 Å². The number of amides is 1. The molecule has 21 heavy (non-hydrogen) atoms. The summed E-state index contributed by atoms with van der Waals surface area (Å²) >= 11 is 0. The lowest BCUT2D eigenvalue weighted by Crippen LogP contribution is -2.48. The maximum Gasteiger partial charge on any atom is 0.323 e. The van der Waals surface area contributed by atoms with Crippen LogP contribution in [-0.4, -0.2) is 40.6 Å². The average molecular weight is 291 g/mol. The van der Waals surface area contributed by atoms with Gasteiger partial charge < -0.3 is 14.7 Å². The van der Waals surface area contributed by atoms with E-state index in [9.17, 15) is 9.59 Å². The van der Waals surface area contributed by atoms with E-state index in [2.05, 4.69) is 6.58 Å². The van der Waals surface area contributed by atoms with Crippen molar-refractivity contribution >= 4 is 11.9 Å². The number of carboxylic acid groups (broad SMARTS) is 1. The molecule has 0 saturated heterocycles. The largest absolute Gasteiger partial charge is 0.490 e. The van der Waals surface area contributed by atoms with E-state index in [4.69, 9.17) is 9.84 Å². The molecule has 1 aromatic rings. The van der Waals surface area contributed by atoms with Crippen molar-refractivity contribution in [3.8, 4) is 5.75 Å². The lowest BCUT2D eigenvalue weighted by Gasteiger charge is -2.34. The smallest absolute Gasteiger partial charge is 0.323 e. The summed E-state index contributed by atoms with van der Waals surface area (Å²) in [5.41, 5.74) is -0.148. The van der Waals surface area contributed by atoms with Gasteiger partial charge in [-0.05, 0) is 45.0 Å². The molecule has 5 heteroatoms. The molecule has 0 spiro atoms. The quantitative estimate of drug-likeness (QED) is 0.818. The monoisotopic (exact) mass is 291 g/mol. The Balaban J connectivity index is 2.93. The van der Waals surface area contributed by atoms with Crippen molar-refractivity contribution in [3.05, 3.63) is 42.5 Å². The Kier molecular flexibility index (Phi) is 5.52. The van der Waals surface area contributed by atoms with Crippen molar-refractivity contribution in [2.45, 2.75) is 26.3 Å². The second kappa shape index (κ2) is 6.92. The highest BCUT2D eigenvalue weighted by molar-refractivity contribution is 5.96. The van der Waals surface area contributed by atoms with Crippen LogP contribution in [0.25, 0.3) is 0 Å². The fourth-order valence-corrected chi connectivity index (χ4v) is 1.75. The SMILES string of the molecule is C=CCOc1ccc(C(=O)N(CC(=O)O)C(C)(C)C)cc1. The van der Waals surface area contributed by atoms with Crippen LogP contribution < -0.4 is 4.74 Å². The maximum absolute atomic E-state index is 12.5. The van der Waals surface area contributed by atoms with Gasteiger partial charge in [0.05, 0.1) is 0 Å². The molecule has 0 aliphatic carbocycles. The van der Waals surface area contributed by atoms with E-state index >= 15 is 0 Å². The van der Waals surface area contributed by atoms with Crippen LogP contribution in [0.1, 0.15) is 31.1 Å². The average Bonchev–Trinajstić information content (AvgIpc) is 2.41. The summed E-state index contributed by atoms with van der Waals surface area (Å²) in [5.74, 6) is -0.726. The van der Waals surface area contributed by atoms with Crippen molar-refractivity contribution in [2.75, 3.05) is 13.2 Å². The molecule has 5 nitrogen and oxygen atoms in total. The summed E-state index contributed by atoms with van der Waals surface area (Å²) < 4.78 is 5.35. The molecule has 1 aromatic carbocycles. The Hall–Kier alpha value is -2.30. The predicted molar refractivity (Wildman–Crippen MR) is 80.6 cm³/mol. The van der Waals surface area contributed by atoms with Crippen LogP contribution in [0.3, 0.4) is 0 Å². The number of carbonyl (C=O) groups excluding carboxylic acids is 1. The zero-order valence-corrected chi connectivity index (χ0v) is 12.6. The molecule has 0 unspecified atom stereocenters. The van der Waals surface area contributed by atoms with Crippen molar-refractivity contribution in [2.24, 2.45) is 0 Å². The van der Waals surface area contributed by atoms with Crippen LogP contribution in [-0.2, 0) is 4.79 Å². The summed E-state index contributed by atoms with van der Waals surface area (Å²) in [6.07, 6.45) is 1.63. The highest BCUT2D eigenvalue weighted by Gasteiger charge is 2.29. The van der Waals surface area contributed by atoms with Crippen molar-refractivity contribution in [1.29, 1.82) is 0 Å². The zero-order valence-electron chi connectivity index (χ0n) is 12.6. The molecule has 114 valence electrons. The molecule has 0 heterocycles. The fraction of sp³-hybridized carbons (Fsp3) is 0.375. The first-order chi connectivity index (χ1) is 9.75. The van der Waals surface area contributed by atoms with Crippen LogP contribution in [0.5, 0.6) is 5.75 Å². The molecule has 0 bridgehead atoms. The molecule has 0 saturated carbocycles. The first-order valence-electron chi connectivity index (χ1n) is 6.63. The molecular weight excluding hydrogens is 270 g/mol. The van der Waals surface area contributed by atoms with E-state index in [1.807, 2.05) is 0 Å². The number of benzene rings is 1. The molecule has 0 aliphatic heterocycles. The number of aliphatic carboxylic acids is 1. The summed E-state index contributed by atoms with van der Waals surface area (Å²) in [7, 11) is 0.